The molecular formula is C26H37O3P. The van der Waals surface area contributed by atoms with Crippen LogP contribution >= 0.6 is 8.58 Å². The molecule has 0 aliphatic heterocycles. The number of aliphatic hydroxyl groups is 1. The SMILES string of the molecule is CCC(C)C(C)(C)c1cc(C)cc(C(C)(CC)Pc2ccccc2C=O)c1OCO. The molecule has 0 radical (unpaired) electrons. The minimum atomic E-state index is -0.354. The quantitative estimate of drug-likeness (QED) is 0.283. The number of carbonyl (C=O) groups excluding carboxylic acids is 1. The first-order chi connectivity index (χ1) is 14.1. The van der Waals surface area contributed by atoms with Crippen molar-refractivity contribution in [3.63, 3.8) is 0 Å². The molecule has 0 saturated carbocycles. The summed E-state index contributed by atoms with van der Waals surface area (Å²) in [7, 11) is 0.410. The first-order valence-corrected chi connectivity index (χ1v) is 11.9. The molecule has 4 heteroatoms. The summed E-state index contributed by atoms with van der Waals surface area (Å²) in [5.41, 5.74) is 4.10. The minimum absolute atomic E-state index is 0.0987. The van der Waals surface area contributed by atoms with Gasteiger partial charge in [0, 0.05) is 21.8 Å². The highest BCUT2D eigenvalue weighted by molar-refractivity contribution is 7.48. The van der Waals surface area contributed by atoms with Gasteiger partial charge in [-0.2, -0.15) is 0 Å². The zero-order chi connectivity index (χ0) is 22.5. The van der Waals surface area contributed by atoms with Crippen LogP contribution in [0.5, 0.6) is 5.75 Å². The van der Waals surface area contributed by atoms with E-state index in [0.29, 0.717) is 14.5 Å². The van der Waals surface area contributed by atoms with E-state index in [1.807, 2.05) is 24.3 Å². The van der Waals surface area contributed by atoms with Gasteiger partial charge in [0.25, 0.3) is 0 Å². The highest BCUT2D eigenvalue weighted by Gasteiger charge is 2.36. The molecule has 0 bridgehead atoms. The van der Waals surface area contributed by atoms with Gasteiger partial charge < -0.3 is 9.84 Å². The summed E-state index contributed by atoms with van der Waals surface area (Å²) in [6.07, 6.45) is 2.90. The van der Waals surface area contributed by atoms with Gasteiger partial charge in [0.1, 0.15) is 5.75 Å². The molecule has 3 atom stereocenters. The number of aliphatic hydroxyl groups excluding tert-OH is 1. The van der Waals surface area contributed by atoms with E-state index in [4.69, 9.17) is 4.74 Å². The fourth-order valence-corrected chi connectivity index (χ4v) is 5.57. The molecule has 3 unspecified atom stereocenters. The van der Waals surface area contributed by atoms with Gasteiger partial charge in [-0.05, 0) is 30.0 Å². The van der Waals surface area contributed by atoms with Crippen LogP contribution < -0.4 is 10.0 Å². The van der Waals surface area contributed by atoms with E-state index in [0.717, 1.165) is 46.9 Å². The number of hydrogen-bond acceptors (Lipinski definition) is 3. The molecule has 0 aromatic heterocycles. The number of rotatable bonds is 10. The van der Waals surface area contributed by atoms with Gasteiger partial charge in [0.2, 0.25) is 0 Å². The number of aldehydes is 1. The van der Waals surface area contributed by atoms with Gasteiger partial charge in [0.05, 0.1) is 0 Å². The summed E-state index contributed by atoms with van der Waals surface area (Å²) in [6, 6.07) is 12.2. The Kier molecular flexibility index (Phi) is 8.25. The maximum absolute atomic E-state index is 11.6. The lowest BCUT2D eigenvalue weighted by molar-refractivity contribution is 0.0939. The van der Waals surface area contributed by atoms with Crippen LogP contribution in [0.2, 0.25) is 0 Å². The van der Waals surface area contributed by atoms with Gasteiger partial charge in [-0.25, -0.2) is 0 Å². The van der Waals surface area contributed by atoms with Crippen LogP contribution in [0.15, 0.2) is 36.4 Å². The van der Waals surface area contributed by atoms with Crippen molar-refractivity contribution in [1.29, 1.82) is 0 Å². The van der Waals surface area contributed by atoms with Crippen molar-refractivity contribution in [3.05, 3.63) is 58.7 Å². The van der Waals surface area contributed by atoms with Crippen LogP contribution in [-0.4, -0.2) is 18.2 Å². The van der Waals surface area contributed by atoms with E-state index in [9.17, 15) is 9.90 Å². The lowest BCUT2D eigenvalue weighted by atomic mass is 9.71. The average Bonchev–Trinajstić information content (AvgIpc) is 2.74. The van der Waals surface area contributed by atoms with Gasteiger partial charge in [0.15, 0.2) is 13.1 Å². The molecule has 164 valence electrons. The summed E-state index contributed by atoms with van der Waals surface area (Å²) < 4.78 is 5.94. The van der Waals surface area contributed by atoms with E-state index in [1.165, 1.54) is 5.56 Å². The molecule has 0 aliphatic rings. The van der Waals surface area contributed by atoms with Crippen LogP contribution in [0.4, 0.5) is 0 Å². The van der Waals surface area contributed by atoms with Gasteiger partial charge in [-0.3, -0.25) is 4.79 Å². The van der Waals surface area contributed by atoms with Crippen molar-refractivity contribution in [2.24, 2.45) is 5.92 Å². The predicted octanol–water partition coefficient (Wildman–Crippen LogP) is 6.09. The second kappa shape index (κ2) is 10.1. The smallest absolute Gasteiger partial charge is 0.186 e. The molecule has 0 amide bonds. The Labute approximate surface area is 184 Å². The van der Waals surface area contributed by atoms with Crippen LogP contribution in [0.3, 0.4) is 0 Å². The van der Waals surface area contributed by atoms with Crippen LogP contribution in [-0.2, 0) is 10.6 Å². The van der Waals surface area contributed by atoms with Crippen molar-refractivity contribution >= 4 is 20.2 Å². The fourth-order valence-electron chi connectivity index (χ4n) is 4.01. The second-order valence-corrected chi connectivity index (χ2v) is 10.9. The van der Waals surface area contributed by atoms with Gasteiger partial charge in [-0.1, -0.05) is 98.5 Å². The zero-order valence-electron chi connectivity index (χ0n) is 19.5. The van der Waals surface area contributed by atoms with Gasteiger partial charge >= 0.3 is 0 Å². The Morgan fingerprint density at radius 1 is 1.13 bits per heavy atom. The average molecular weight is 429 g/mol. The number of ether oxygens (including phenoxy) is 1. The van der Waals surface area contributed by atoms with Crippen molar-refractivity contribution in [2.45, 2.75) is 71.9 Å². The van der Waals surface area contributed by atoms with E-state index in [2.05, 4.69) is 60.6 Å². The third-order valence-corrected chi connectivity index (χ3v) is 8.68. The molecule has 1 N–H and O–H groups in total. The first kappa shape index (κ1) is 24.6. The molecule has 0 saturated heterocycles. The van der Waals surface area contributed by atoms with E-state index >= 15 is 0 Å². The lowest BCUT2D eigenvalue weighted by Gasteiger charge is -2.38. The van der Waals surface area contributed by atoms with E-state index in [1.54, 1.807) is 0 Å². The fraction of sp³-hybridized carbons (Fsp3) is 0.500. The molecule has 3 nitrogen and oxygen atoms in total. The third-order valence-electron chi connectivity index (χ3n) is 6.78. The highest BCUT2D eigenvalue weighted by atomic mass is 31.1. The molecule has 30 heavy (non-hydrogen) atoms. The Hall–Kier alpha value is -1.70. The maximum Gasteiger partial charge on any atom is 0.186 e. The first-order valence-electron chi connectivity index (χ1n) is 10.9. The summed E-state index contributed by atoms with van der Waals surface area (Å²) in [4.78, 5) is 11.6. The molecule has 2 aromatic rings. The van der Waals surface area contributed by atoms with Crippen molar-refractivity contribution in [3.8, 4) is 5.75 Å². The molecular weight excluding hydrogens is 391 g/mol. The normalized spacial score (nSPS) is 15.2. The Morgan fingerprint density at radius 2 is 1.77 bits per heavy atom. The van der Waals surface area contributed by atoms with Crippen molar-refractivity contribution in [1.82, 2.24) is 0 Å². The Bertz CT molecular complexity index is 875. The minimum Gasteiger partial charge on any atom is -0.467 e. The van der Waals surface area contributed by atoms with Crippen LogP contribution in [0.25, 0.3) is 0 Å². The molecule has 0 spiro atoms. The zero-order valence-corrected chi connectivity index (χ0v) is 20.5. The topological polar surface area (TPSA) is 46.5 Å². The second-order valence-electron chi connectivity index (χ2n) is 9.01. The number of hydrogen-bond donors (Lipinski definition) is 1. The summed E-state index contributed by atoms with van der Waals surface area (Å²) >= 11 is 0. The summed E-state index contributed by atoms with van der Waals surface area (Å²) in [5.74, 6) is 1.26. The Balaban J connectivity index is 2.72. The number of carbonyl (C=O) groups is 1. The molecule has 2 rings (SSSR count). The Morgan fingerprint density at radius 3 is 2.33 bits per heavy atom. The lowest BCUT2D eigenvalue weighted by Crippen LogP contribution is -2.29. The third kappa shape index (κ3) is 4.95. The molecule has 0 aliphatic carbocycles. The number of benzene rings is 2. The van der Waals surface area contributed by atoms with Gasteiger partial charge in [-0.15, -0.1) is 0 Å². The van der Waals surface area contributed by atoms with Crippen molar-refractivity contribution in [2.75, 3.05) is 6.79 Å². The standard InChI is InChI=1S/C26H37O3P/c1-8-19(4)25(5,6)21-14-18(3)15-22(24(21)29-17-28)26(7,9-2)30-23-13-11-10-12-20(23)16-27/h10-16,19,28,30H,8-9,17H2,1-7H3. The molecule has 0 fully saturated rings. The molecule has 2 aromatic carbocycles. The highest BCUT2D eigenvalue weighted by Crippen LogP contribution is 2.51. The predicted molar refractivity (Wildman–Crippen MR) is 129 cm³/mol. The van der Waals surface area contributed by atoms with Crippen LogP contribution in [0, 0.1) is 12.8 Å². The monoisotopic (exact) mass is 428 g/mol. The molecule has 0 heterocycles. The largest absolute Gasteiger partial charge is 0.467 e. The maximum atomic E-state index is 11.6. The number of aryl methyl sites for hydroxylation is 1. The van der Waals surface area contributed by atoms with Crippen LogP contribution in [0.1, 0.15) is 81.4 Å². The summed E-state index contributed by atoms with van der Waals surface area (Å²) in [6.45, 7) is 15.2. The van der Waals surface area contributed by atoms with E-state index in [-0.39, 0.29) is 17.4 Å². The van der Waals surface area contributed by atoms with E-state index < -0.39 is 0 Å². The summed E-state index contributed by atoms with van der Waals surface area (Å²) in [5, 5.41) is 10.6. The van der Waals surface area contributed by atoms with Crippen molar-refractivity contribution < 1.29 is 14.6 Å².